The summed E-state index contributed by atoms with van der Waals surface area (Å²) in [5, 5.41) is -1.85. The van der Waals surface area contributed by atoms with Crippen molar-refractivity contribution in [1.29, 1.82) is 0 Å². The Morgan fingerprint density at radius 3 is 1.32 bits per heavy atom. The average Bonchev–Trinajstić information content (AvgIpc) is 2.82. The molecule has 3 aromatic carbocycles. The molecule has 0 amide bonds. The first-order valence-electron chi connectivity index (χ1n) is 11.8. The maximum Gasteiger partial charge on any atom is 0.259 e. The standard InChI is InChI=1S/C29H27Cl3O6/c1-17-4-6-24(36-14-26(30)33)20(8-17)12-22-10-19(3)11-23(29(22)38-16-28(32)35)13-21-9-18(2)5-7-25(21)37-15-27(31)34/h4-11H,12-16H2,1-3H3. The van der Waals surface area contributed by atoms with Gasteiger partial charge in [0.05, 0.1) is 0 Å². The third-order valence-electron chi connectivity index (χ3n) is 5.59. The van der Waals surface area contributed by atoms with Crippen molar-refractivity contribution in [3.63, 3.8) is 0 Å². The van der Waals surface area contributed by atoms with Gasteiger partial charge >= 0.3 is 0 Å². The van der Waals surface area contributed by atoms with Crippen LogP contribution in [-0.4, -0.2) is 35.5 Å². The lowest BCUT2D eigenvalue weighted by atomic mass is 9.93. The Balaban J connectivity index is 2.07. The van der Waals surface area contributed by atoms with Gasteiger partial charge < -0.3 is 14.2 Å². The van der Waals surface area contributed by atoms with Gasteiger partial charge in [0.15, 0.2) is 19.8 Å². The highest BCUT2D eigenvalue weighted by molar-refractivity contribution is 6.64. The van der Waals surface area contributed by atoms with Crippen LogP contribution in [0, 0.1) is 20.8 Å². The zero-order chi connectivity index (χ0) is 27.8. The van der Waals surface area contributed by atoms with Crippen LogP contribution in [0.3, 0.4) is 0 Å². The molecule has 0 atom stereocenters. The van der Waals surface area contributed by atoms with Gasteiger partial charge in [-0.25, -0.2) is 0 Å². The summed E-state index contributed by atoms with van der Waals surface area (Å²) in [5.41, 5.74) is 6.23. The largest absolute Gasteiger partial charge is 0.484 e. The van der Waals surface area contributed by atoms with Gasteiger partial charge in [0.1, 0.15) is 17.2 Å². The van der Waals surface area contributed by atoms with Crippen molar-refractivity contribution in [3.8, 4) is 17.2 Å². The fourth-order valence-corrected chi connectivity index (χ4v) is 4.32. The van der Waals surface area contributed by atoms with Crippen LogP contribution in [0.1, 0.15) is 38.9 Å². The van der Waals surface area contributed by atoms with Crippen LogP contribution in [0.15, 0.2) is 48.5 Å². The van der Waals surface area contributed by atoms with Crippen molar-refractivity contribution < 1.29 is 28.6 Å². The first-order valence-corrected chi connectivity index (χ1v) is 12.9. The Morgan fingerprint density at radius 1 is 0.553 bits per heavy atom. The molecule has 0 saturated heterocycles. The van der Waals surface area contributed by atoms with E-state index in [1.165, 1.54) is 0 Å². The average molecular weight is 578 g/mol. The van der Waals surface area contributed by atoms with E-state index in [0.717, 1.165) is 38.9 Å². The maximum absolute atomic E-state index is 11.6. The molecule has 3 rings (SSSR count). The van der Waals surface area contributed by atoms with E-state index in [1.54, 1.807) is 12.1 Å². The van der Waals surface area contributed by atoms with Crippen molar-refractivity contribution in [2.45, 2.75) is 33.6 Å². The lowest BCUT2D eigenvalue weighted by Gasteiger charge is -2.19. The molecule has 0 unspecified atom stereocenters. The third kappa shape index (κ3) is 8.76. The lowest BCUT2D eigenvalue weighted by Crippen LogP contribution is -2.11. The van der Waals surface area contributed by atoms with Crippen molar-refractivity contribution >= 4 is 50.5 Å². The van der Waals surface area contributed by atoms with Crippen molar-refractivity contribution in [2.24, 2.45) is 0 Å². The molecule has 200 valence electrons. The van der Waals surface area contributed by atoms with Crippen molar-refractivity contribution in [3.05, 3.63) is 87.5 Å². The number of aryl methyl sites for hydroxylation is 3. The van der Waals surface area contributed by atoms with Gasteiger partial charge in [-0.05, 0) is 90.0 Å². The Hall–Kier alpha value is -3.06. The van der Waals surface area contributed by atoms with Crippen LogP contribution in [0.25, 0.3) is 0 Å². The molecule has 0 spiro atoms. The first kappa shape index (κ1) is 29.5. The second kappa shape index (κ2) is 13.7. The maximum atomic E-state index is 11.6. The first-order chi connectivity index (χ1) is 18.0. The molecule has 0 aromatic heterocycles. The zero-order valence-electron chi connectivity index (χ0n) is 21.2. The highest BCUT2D eigenvalue weighted by Crippen LogP contribution is 2.34. The predicted octanol–water partition coefficient (Wildman–Crippen LogP) is 6.23. The summed E-state index contributed by atoms with van der Waals surface area (Å²) in [6.07, 6.45) is 0.789. The topological polar surface area (TPSA) is 78.9 Å². The number of hydrogen-bond acceptors (Lipinski definition) is 6. The fraction of sp³-hybridized carbons (Fsp3) is 0.276. The fourth-order valence-electron chi connectivity index (χ4n) is 4.16. The number of carbonyl (C=O) groups excluding carboxylic acids is 3. The number of ether oxygens (including phenoxy) is 3. The molecular weight excluding hydrogens is 551 g/mol. The molecule has 0 saturated carbocycles. The molecule has 0 aliphatic rings. The van der Waals surface area contributed by atoms with E-state index in [-0.39, 0.29) is 19.8 Å². The molecule has 0 aliphatic heterocycles. The van der Waals surface area contributed by atoms with Gasteiger partial charge in [0.2, 0.25) is 0 Å². The zero-order valence-corrected chi connectivity index (χ0v) is 23.5. The highest BCUT2D eigenvalue weighted by atomic mass is 35.5. The molecular formula is C29H27Cl3O6. The molecule has 0 radical (unpaired) electrons. The summed E-state index contributed by atoms with van der Waals surface area (Å²) >= 11 is 16.6. The SMILES string of the molecule is Cc1ccc(OCC(=O)Cl)c(Cc2cc(C)cc(Cc3cc(C)ccc3OCC(=O)Cl)c2OCC(=O)Cl)c1. The van der Waals surface area contributed by atoms with E-state index in [0.29, 0.717) is 30.1 Å². The van der Waals surface area contributed by atoms with Gasteiger partial charge in [-0.2, -0.15) is 0 Å². The summed E-state index contributed by atoms with van der Waals surface area (Å²) in [5.74, 6) is 1.55. The lowest BCUT2D eigenvalue weighted by molar-refractivity contribution is -0.114. The van der Waals surface area contributed by atoms with Crippen LogP contribution in [-0.2, 0) is 27.2 Å². The van der Waals surface area contributed by atoms with Crippen LogP contribution >= 0.6 is 34.8 Å². The monoisotopic (exact) mass is 576 g/mol. The van der Waals surface area contributed by atoms with Crippen LogP contribution in [0.2, 0.25) is 0 Å². The number of carbonyl (C=O) groups is 3. The van der Waals surface area contributed by atoms with Crippen molar-refractivity contribution in [2.75, 3.05) is 19.8 Å². The Morgan fingerprint density at radius 2 is 0.921 bits per heavy atom. The number of rotatable bonds is 13. The smallest absolute Gasteiger partial charge is 0.259 e. The molecule has 0 N–H and O–H groups in total. The number of halogens is 3. The summed E-state index contributed by atoms with van der Waals surface area (Å²) in [6, 6.07) is 15.2. The van der Waals surface area contributed by atoms with E-state index in [9.17, 15) is 14.4 Å². The van der Waals surface area contributed by atoms with E-state index < -0.39 is 15.7 Å². The summed E-state index contributed by atoms with van der Waals surface area (Å²) in [6.45, 7) is 5.03. The van der Waals surface area contributed by atoms with Gasteiger partial charge in [-0.3, -0.25) is 14.4 Å². The molecule has 9 heteroatoms. The molecule has 3 aromatic rings. The third-order valence-corrected chi connectivity index (χ3v) is 5.92. The van der Waals surface area contributed by atoms with Crippen LogP contribution < -0.4 is 14.2 Å². The van der Waals surface area contributed by atoms with Gasteiger partial charge in [-0.1, -0.05) is 53.1 Å². The number of hydrogen-bond donors (Lipinski definition) is 0. The minimum atomic E-state index is -0.636. The second-order valence-corrected chi connectivity index (χ2v) is 10.2. The van der Waals surface area contributed by atoms with E-state index in [2.05, 4.69) is 0 Å². The minimum absolute atomic E-state index is 0.262. The van der Waals surface area contributed by atoms with Crippen LogP contribution in [0.5, 0.6) is 17.2 Å². The molecule has 38 heavy (non-hydrogen) atoms. The summed E-state index contributed by atoms with van der Waals surface area (Å²) in [7, 11) is 0. The molecule has 0 bridgehead atoms. The Bertz CT molecular complexity index is 1260. The van der Waals surface area contributed by atoms with Gasteiger partial charge in [0.25, 0.3) is 15.7 Å². The summed E-state index contributed by atoms with van der Waals surface area (Å²) < 4.78 is 17.2. The van der Waals surface area contributed by atoms with Gasteiger partial charge in [-0.15, -0.1) is 0 Å². The van der Waals surface area contributed by atoms with Crippen molar-refractivity contribution in [1.82, 2.24) is 0 Å². The molecule has 0 heterocycles. The predicted molar refractivity (Wildman–Crippen MR) is 148 cm³/mol. The van der Waals surface area contributed by atoms with E-state index in [1.807, 2.05) is 57.2 Å². The quantitative estimate of drug-likeness (QED) is 0.224. The molecule has 6 nitrogen and oxygen atoms in total. The number of benzene rings is 3. The van der Waals surface area contributed by atoms with Gasteiger partial charge in [0, 0.05) is 12.8 Å². The van der Waals surface area contributed by atoms with Crippen LogP contribution in [0.4, 0.5) is 0 Å². The second-order valence-electron chi connectivity index (χ2n) is 8.92. The Labute approximate surface area is 236 Å². The minimum Gasteiger partial charge on any atom is -0.484 e. The highest BCUT2D eigenvalue weighted by Gasteiger charge is 2.18. The molecule has 0 aliphatic carbocycles. The molecule has 0 fully saturated rings. The van der Waals surface area contributed by atoms with E-state index >= 15 is 0 Å². The van der Waals surface area contributed by atoms with E-state index in [4.69, 9.17) is 49.0 Å². The Kier molecular flexibility index (Phi) is 10.6. The summed E-state index contributed by atoms with van der Waals surface area (Å²) in [4.78, 5) is 34.2. The normalized spacial score (nSPS) is 10.7.